The van der Waals surface area contributed by atoms with Crippen molar-refractivity contribution in [1.82, 2.24) is 25.5 Å². The first kappa shape index (κ1) is 31.2. The molecular weight excluding hydrogens is 565 g/mol. The number of urea groups is 1. The van der Waals surface area contributed by atoms with E-state index in [1.165, 1.54) is 0 Å². The van der Waals surface area contributed by atoms with Gasteiger partial charge in [-0.2, -0.15) is 0 Å². The first-order valence-corrected chi connectivity index (χ1v) is 15.5. The van der Waals surface area contributed by atoms with Crippen LogP contribution in [0.25, 0.3) is 0 Å². The first-order chi connectivity index (χ1) is 19.8. The van der Waals surface area contributed by atoms with Crippen LogP contribution in [0.3, 0.4) is 0 Å². The number of aliphatic carboxylic acids is 1. The number of hydrogen-bond acceptors (Lipinski definition) is 4. The van der Waals surface area contributed by atoms with Crippen LogP contribution in [-0.4, -0.2) is 63.6 Å². The minimum Gasteiger partial charge on any atom is -0.481 e. The van der Waals surface area contributed by atoms with Crippen LogP contribution >= 0.6 is 23.2 Å². The monoisotopic (exact) mass is 605 g/mol. The molecule has 224 valence electrons. The Morgan fingerprint density at radius 1 is 1.07 bits per heavy atom. The van der Waals surface area contributed by atoms with Gasteiger partial charge in [-0.3, -0.25) is 9.59 Å². The van der Waals surface area contributed by atoms with E-state index in [0.717, 1.165) is 69.0 Å². The molecule has 11 heteroatoms. The molecule has 0 radical (unpaired) electrons. The number of aromatic amines is 1. The van der Waals surface area contributed by atoms with Crippen LogP contribution in [-0.2, 0) is 22.4 Å². The molecule has 2 aliphatic rings. The number of piperidine rings is 1. The number of halogens is 2. The molecule has 41 heavy (non-hydrogen) atoms. The number of aryl methyl sites for hydroxylation is 1. The average molecular weight is 607 g/mol. The zero-order chi connectivity index (χ0) is 29.2. The summed E-state index contributed by atoms with van der Waals surface area (Å²) in [5, 5.41) is 16.8. The number of carboxylic acids is 1. The van der Waals surface area contributed by atoms with Crippen LogP contribution in [0.5, 0.6) is 0 Å². The van der Waals surface area contributed by atoms with Crippen molar-refractivity contribution in [2.45, 2.75) is 83.1 Å². The predicted octanol–water partition coefficient (Wildman–Crippen LogP) is 5.61. The molecule has 4 rings (SSSR count). The molecule has 1 saturated heterocycles. The third kappa shape index (κ3) is 8.38. The van der Waals surface area contributed by atoms with Crippen molar-refractivity contribution in [2.75, 3.05) is 19.6 Å². The van der Waals surface area contributed by atoms with E-state index in [0.29, 0.717) is 42.5 Å². The molecule has 3 amide bonds. The SMILES string of the molecule is O=C(NCCCCCc1cnc[nH]1)N[C@H](Cc1ccc(Cl)c(Cl)c1)C(=O)N1CCC(C(=O)O)(C2CCCCC2)CC1. The number of likely N-dealkylation sites (tertiary alicyclic amines) is 1. The van der Waals surface area contributed by atoms with E-state index in [9.17, 15) is 19.5 Å². The number of rotatable bonds is 12. The average Bonchev–Trinajstić information content (AvgIpc) is 3.50. The number of amides is 3. The number of carboxylic acid groups (broad SMARTS) is 1. The molecule has 2 fully saturated rings. The van der Waals surface area contributed by atoms with Gasteiger partial charge in [0.2, 0.25) is 5.91 Å². The zero-order valence-corrected chi connectivity index (χ0v) is 25.0. The van der Waals surface area contributed by atoms with Gasteiger partial charge in [-0.1, -0.05) is 55.0 Å². The van der Waals surface area contributed by atoms with E-state index >= 15 is 0 Å². The lowest BCUT2D eigenvalue weighted by atomic mass is 9.64. The summed E-state index contributed by atoms with van der Waals surface area (Å²) in [6.07, 6.45) is 13.4. The van der Waals surface area contributed by atoms with Crippen LogP contribution in [0.15, 0.2) is 30.7 Å². The van der Waals surface area contributed by atoms with Gasteiger partial charge in [-0.05, 0) is 68.6 Å². The number of benzene rings is 1. The Labute approximate surface area is 251 Å². The van der Waals surface area contributed by atoms with Crippen molar-refractivity contribution in [3.05, 3.63) is 52.0 Å². The highest BCUT2D eigenvalue weighted by Crippen LogP contribution is 2.46. The number of nitrogens with zero attached hydrogens (tertiary/aromatic N) is 2. The van der Waals surface area contributed by atoms with Crippen LogP contribution in [0.4, 0.5) is 4.79 Å². The summed E-state index contributed by atoms with van der Waals surface area (Å²) in [4.78, 5) is 47.9. The summed E-state index contributed by atoms with van der Waals surface area (Å²) in [5.41, 5.74) is 1.09. The molecule has 0 unspecified atom stereocenters. The Morgan fingerprint density at radius 2 is 1.83 bits per heavy atom. The molecule has 1 aliphatic carbocycles. The molecule has 1 aromatic carbocycles. The van der Waals surface area contributed by atoms with Crippen molar-refractivity contribution in [1.29, 1.82) is 0 Å². The number of carbonyl (C=O) groups excluding carboxylic acids is 2. The maximum absolute atomic E-state index is 13.7. The number of carbonyl (C=O) groups is 3. The molecule has 1 aliphatic heterocycles. The largest absolute Gasteiger partial charge is 0.481 e. The minimum absolute atomic E-state index is 0.154. The highest BCUT2D eigenvalue weighted by molar-refractivity contribution is 6.42. The molecule has 2 aromatic rings. The molecule has 2 heterocycles. The van der Waals surface area contributed by atoms with Crippen molar-refractivity contribution in [3.63, 3.8) is 0 Å². The van der Waals surface area contributed by atoms with Crippen molar-refractivity contribution in [2.24, 2.45) is 11.3 Å². The number of aromatic nitrogens is 2. The van der Waals surface area contributed by atoms with Gasteiger partial charge < -0.3 is 25.6 Å². The quantitative estimate of drug-likeness (QED) is 0.234. The minimum atomic E-state index is -0.820. The number of nitrogens with one attached hydrogen (secondary N) is 3. The van der Waals surface area contributed by atoms with Gasteiger partial charge in [0.15, 0.2) is 0 Å². The van der Waals surface area contributed by atoms with Crippen LogP contribution < -0.4 is 10.6 Å². The lowest BCUT2D eigenvalue weighted by Crippen LogP contribution is -2.56. The highest BCUT2D eigenvalue weighted by Gasteiger charge is 2.48. The second-order valence-corrected chi connectivity index (χ2v) is 12.2. The van der Waals surface area contributed by atoms with Gasteiger partial charge in [0.05, 0.1) is 21.8 Å². The van der Waals surface area contributed by atoms with Crippen LogP contribution in [0, 0.1) is 11.3 Å². The van der Waals surface area contributed by atoms with E-state index < -0.39 is 23.5 Å². The number of H-pyrrole nitrogens is 1. The summed E-state index contributed by atoms with van der Waals surface area (Å²) >= 11 is 12.3. The van der Waals surface area contributed by atoms with Gasteiger partial charge in [0, 0.05) is 37.9 Å². The standard InChI is InChI=1S/C30H41Cl2N5O4/c31-24-11-10-21(17-25(24)32)18-26(36-29(41)34-14-6-2-5-9-23-19-33-20-35-23)27(38)37-15-12-30(13-16-37,28(39)40)22-7-3-1-4-8-22/h10-11,17,19-20,22,26H,1-9,12-16,18H2,(H,33,35)(H,39,40)(H2,34,36,41)/t26-/m1/s1. The van der Waals surface area contributed by atoms with E-state index in [-0.39, 0.29) is 18.2 Å². The van der Waals surface area contributed by atoms with E-state index in [2.05, 4.69) is 20.6 Å². The third-order valence-corrected chi connectivity index (χ3v) is 9.51. The Hall–Kier alpha value is -2.78. The Bertz CT molecular complexity index is 1160. The smallest absolute Gasteiger partial charge is 0.315 e. The second kappa shape index (κ2) is 14.9. The summed E-state index contributed by atoms with van der Waals surface area (Å²) in [7, 11) is 0. The molecule has 4 N–H and O–H groups in total. The lowest BCUT2D eigenvalue weighted by molar-refractivity contribution is -0.160. The number of unbranched alkanes of at least 4 members (excludes halogenated alkanes) is 2. The summed E-state index contributed by atoms with van der Waals surface area (Å²) in [6, 6.07) is 3.95. The highest BCUT2D eigenvalue weighted by atomic mass is 35.5. The molecule has 1 aromatic heterocycles. The molecular formula is C30H41Cl2N5O4. The van der Waals surface area contributed by atoms with Gasteiger partial charge in [-0.15, -0.1) is 0 Å². The third-order valence-electron chi connectivity index (χ3n) is 8.77. The Balaban J connectivity index is 1.34. The number of imidazole rings is 1. The molecule has 0 bridgehead atoms. The maximum Gasteiger partial charge on any atom is 0.315 e. The molecule has 9 nitrogen and oxygen atoms in total. The first-order valence-electron chi connectivity index (χ1n) is 14.8. The lowest BCUT2D eigenvalue weighted by Gasteiger charge is -2.45. The topological polar surface area (TPSA) is 127 Å². The summed E-state index contributed by atoms with van der Waals surface area (Å²) in [5.74, 6) is -0.805. The van der Waals surface area contributed by atoms with Crippen molar-refractivity contribution in [3.8, 4) is 0 Å². The van der Waals surface area contributed by atoms with Gasteiger partial charge >= 0.3 is 12.0 Å². The fourth-order valence-corrected chi connectivity index (χ4v) is 6.67. The van der Waals surface area contributed by atoms with Gasteiger partial charge in [0.1, 0.15) is 6.04 Å². The fraction of sp³-hybridized carbons (Fsp3) is 0.600. The molecule has 1 atom stereocenters. The fourth-order valence-electron chi connectivity index (χ4n) is 6.35. The van der Waals surface area contributed by atoms with Gasteiger partial charge in [0.25, 0.3) is 0 Å². The predicted molar refractivity (Wildman–Crippen MR) is 159 cm³/mol. The van der Waals surface area contributed by atoms with Crippen molar-refractivity contribution < 1.29 is 19.5 Å². The van der Waals surface area contributed by atoms with Crippen LogP contribution in [0.2, 0.25) is 10.0 Å². The summed E-state index contributed by atoms with van der Waals surface area (Å²) in [6.45, 7) is 1.22. The number of hydrogen-bond donors (Lipinski definition) is 4. The zero-order valence-electron chi connectivity index (χ0n) is 23.5. The Morgan fingerprint density at radius 3 is 2.49 bits per heavy atom. The van der Waals surface area contributed by atoms with Crippen LogP contribution in [0.1, 0.15) is 75.5 Å². The van der Waals surface area contributed by atoms with E-state index in [1.807, 2.05) is 6.20 Å². The van der Waals surface area contributed by atoms with E-state index in [4.69, 9.17) is 23.2 Å². The Kier molecular flexibility index (Phi) is 11.3. The van der Waals surface area contributed by atoms with Crippen molar-refractivity contribution >= 4 is 41.1 Å². The van der Waals surface area contributed by atoms with E-state index in [1.54, 1.807) is 29.4 Å². The maximum atomic E-state index is 13.7. The van der Waals surface area contributed by atoms with Gasteiger partial charge in [-0.25, -0.2) is 9.78 Å². The second-order valence-electron chi connectivity index (χ2n) is 11.4. The normalized spacial score (nSPS) is 18.0. The molecule has 0 spiro atoms. The molecule has 1 saturated carbocycles. The summed E-state index contributed by atoms with van der Waals surface area (Å²) < 4.78 is 0.